The number of hydrogen-bond acceptors (Lipinski definition) is 4. The Kier molecular flexibility index (Phi) is 3.94. The molecular weight excluding hydrogens is 286 g/mol. The molecule has 5 nitrogen and oxygen atoms in total. The lowest BCUT2D eigenvalue weighted by atomic mass is 10.2. The fraction of sp³-hybridized carbons (Fsp3) is 0.600. The number of aryl methyl sites for hydroxylation is 1. The minimum absolute atomic E-state index is 0.246. The summed E-state index contributed by atoms with van der Waals surface area (Å²) in [6, 6.07) is 5.52. The van der Waals surface area contributed by atoms with Crippen molar-refractivity contribution in [3.8, 4) is 0 Å². The second-order valence-corrected chi connectivity index (χ2v) is 8.00. The maximum atomic E-state index is 12.8. The van der Waals surface area contributed by atoms with Crippen LogP contribution in [0.4, 0.5) is 5.69 Å². The predicted octanol–water partition coefficient (Wildman–Crippen LogP) is 1.44. The number of nitrogens with zero attached hydrogens (tertiary/aromatic N) is 2. The van der Waals surface area contributed by atoms with E-state index in [0.717, 1.165) is 25.1 Å². The van der Waals surface area contributed by atoms with Crippen LogP contribution in [0.25, 0.3) is 0 Å². The van der Waals surface area contributed by atoms with Crippen molar-refractivity contribution >= 4 is 15.7 Å². The molecule has 0 aromatic heterocycles. The van der Waals surface area contributed by atoms with Crippen LogP contribution in [0.5, 0.6) is 0 Å². The number of rotatable bonds is 3. The lowest BCUT2D eigenvalue weighted by molar-refractivity contribution is 0.251. The van der Waals surface area contributed by atoms with Gasteiger partial charge in [0.1, 0.15) is 4.90 Å². The van der Waals surface area contributed by atoms with Gasteiger partial charge in [-0.15, -0.1) is 0 Å². The molecular formula is C15H23N3O2S. The van der Waals surface area contributed by atoms with Crippen LogP contribution < -0.4 is 5.73 Å². The van der Waals surface area contributed by atoms with Gasteiger partial charge < -0.3 is 5.73 Å². The quantitative estimate of drug-likeness (QED) is 0.858. The molecule has 2 N–H and O–H groups in total. The van der Waals surface area contributed by atoms with Crippen molar-refractivity contribution < 1.29 is 8.42 Å². The van der Waals surface area contributed by atoms with E-state index in [1.54, 1.807) is 22.5 Å². The Labute approximate surface area is 126 Å². The Bertz CT molecular complexity index is 624. The van der Waals surface area contributed by atoms with Gasteiger partial charge in [-0.2, -0.15) is 4.31 Å². The van der Waals surface area contributed by atoms with Gasteiger partial charge in [-0.25, -0.2) is 8.42 Å². The van der Waals surface area contributed by atoms with Crippen molar-refractivity contribution in [2.24, 2.45) is 0 Å². The van der Waals surface area contributed by atoms with Gasteiger partial charge in [-0.1, -0.05) is 6.07 Å². The molecule has 0 saturated carbocycles. The summed E-state index contributed by atoms with van der Waals surface area (Å²) in [5.41, 5.74) is 7.24. The molecule has 1 atom stereocenters. The summed E-state index contributed by atoms with van der Waals surface area (Å²) in [5.74, 6) is 0. The molecule has 2 aliphatic heterocycles. The first-order chi connectivity index (χ1) is 9.98. The van der Waals surface area contributed by atoms with Gasteiger partial charge in [0.2, 0.25) is 10.0 Å². The Morgan fingerprint density at radius 3 is 2.57 bits per heavy atom. The number of nitrogen functional groups attached to an aromatic ring is 1. The highest BCUT2D eigenvalue weighted by molar-refractivity contribution is 7.89. The second kappa shape index (κ2) is 5.59. The third kappa shape index (κ3) is 2.80. The van der Waals surface area contributed by atoms with Gasteiger partial charge in [0.15, 0.2) is 0 Å². The molecule has 2 saturated heterocycles. The Morgan fingerprint density at radius 1 is 1.19 bits per heavy atom. The fourth-order valence-electron chi connectivity index (χ4n) is 3.38. The van der Waals surface area contributed by atoms with Crippen LogP contribution in [0.1, 0.15) is 24.8 Å². The number of sulfonamides is 1. The van der Waals surface area contributed by atoms with E-state index in [-0.39, 0.29) is 4.90 Å². The molecule has 0 bridgehead atoms. The van der Waals surface area contributed by atoms with E-state index >= 15 is 0 Å². The first kappa shape index (κ1) is 14.8. The smallest absolute Gasteiger partial charge is 0.245 e. The minimum atomic E-state index is -3.47. The topological polar surface area (TPSA) is 66.6 Å². The zero-order valence-corrected chi connectivity index (χ0v) is 13.3. The van der Waals surface area contributed by atoms with E-state index in [4.69, 9.17) is 5.73 Å². The van der Waals surface area contributed by atoms with Crippen molar-refractivity contribution in [1.82, 2.24) is 9.21 Å². The normalized spacial score (nSPS) is 24.7. The van der Waals surface area contributed by atoms with Crippen LogP contribution in [0.3, 0.4) is 0 Å². The van der Waals surface area contributed by atoms with Crippen LogP contribution in [0.15, 0.2) is 23.1 Å². The number of hydrogen-bond donors (Lipinski definition) is 1. The van der Waals surface area contributed by atoms with E-state index in [9.17, 15) is 8.42 Å². The Morgan fingerprint density at radius 2 is 1.90 bits per heavy atom. The Hall–Kier alpha value is -1.11. The summed E-state index contributed by atoms with van der Waals surface area (Å²) in [4.78, 5) is 2.67. The minimum Gasteiger partial charge on any atom is -0.398 e. The summed E-state index contributed by atoms with van der Waals surface area (Å²) in [7, 11) is -3.47. The fourth-order valence-corrected chi connectivity index (χ4v) is 4.96. The van der Waals surface area contributed by atoms with Gasteiger partial charge in [0, 0.05) is 19.1 Å². The predicted molar refractivity (Wildman–Crippen MR) is 83.6 cm³/mol. The van der Waals surface area contributed by atoms with Crippen LogP contribution in [-0.4, -0.2) is 49.8 Å². The average molecular weight is 309 g/mol. The highest BCUT2D eigenvalue weighted by Gasteiger charge is 2.36. The summed E-state index contributed by atoms with van der Waals surface area (Å²) < 4.78 is 27.1. The molecule has 1 unspecified atom stereocenters. The number of benzene rings is 1. The van der Waals surface area contributed by atoms with Crippen molar-refractivity contribution in [1.29, 1.82) is 0 Å². The molecule has 116 valence electrons. The lowest BCUT2D eigenvalue weighted by Crippen LogP contribution is -2.37. The highest BCUT2D eigenvalue weighted by atomic mass is 32.2. The van der Waals surface area contributed by atoms with Crippen molar-refractivity contribution in [2.45, 2.75) is 37.1 Å². The van der Waals surface area contributed by atoms with Gasteiger partial charge in [-0.3, -0.25) is 4.90 Å². The second-order valence-electron chi connectivity index (χ2n) is 6.09. The zero-order valence-electron chi connectivity index (χ0n) is 12.5. The van der Waals surface area contributed by atoms with Gasteiger partial charge in [0.25, 0.3) is 0 Å². The van der Waals surface area contributed by atoms with Gasteiger partial charge in [-0.05, 0) is 57.0 Å². The molecule has 2 aliphatic rings. The first-order valence-corrected chi connectivity index (χ1v) is 9.03. The van der Waals surface area contributed by atoms with E-state index in [0.29, 0.717) is 24.8 Å². The largest absolute Gasteiger partial charge is 0.398 e. The molecule has 2 heterocycles. The van der Waals surface area contributed by atoms with E-state index in [1.165, 1.54) is 12.8 Å². The summed E-state index contributed by atoms with van der Waals surface area (Å²) in [6.07, 6.45) is 3.38. The van der Waals surface area contributed by atoms with Crippen LogP contribution in [-0.2, 0) is 10.0 Å². The molecule has 1 aromatic rings. The van der Waals surface area contributed by atoms with Gasteiger partial charge in [0.05, 0.1) is 5.69 Å². The maximum Gasteiger partial charge on any atom is 0.245 e. The van der Waals surface area contributed by atoms with Crippen molar-refractivity contribution in [3.63, 3.8) is 0 Å². The van der Waals surface area contributed by atoms with Gasteiger partial charge >= 0.3 is 0 Å². The maximum absolute atomic E-state index is 12.8. The van der Waals surface area contributed by atoms with Crippen LogP contribution >= 0.6 is 0 Å². The molecule has 0 spiro atoms. The third-order valence-electron chi connectivity index (χ3n) is 4.57. The van der Waals surface area contributed by atoms with Crippen LogP contribution in [0.2, 0.25) is 0 Å². The number of anilines is 1. The molecule has 6 heteroatoms. The monoisotopic (exact) mass is 309 g/mol. The standard InChI is InChI=1S/C15H23N3O2S/c1-12-4-5-15(14(16)10-12)21(19,20)18-9-6-13(11-18)17-7-2-3-8-17/h4-5,10,13H,2-3,6-9,11,16H2,1H3. The molecule has 0 radical (unpaired) electrons. The molecule has 1 aromatic carbocycles. The molecule has 2 fully saturated rings. The van der Waals surface area contributed by atoms with E-state index in [1.807, 2.05) is 6.92 Å². The molecule has 21 heavy (non-hydrogen) atoms. The molecule has 3 rings (SSSR count). The van der Waals surface area contributed by atoms with E-state index < -0.39 is 10.0 Å². The summed E-state index contributed by atoms with van der Waals surface area (Å²) in [6.45, 7) is 5.30. The molecule has 0 amide bonds. The lowest BCUT2D eigenvalue weighted by Gasteiger charge is -2.23. The zero-order chi connectivity index (χ0) is 15.0. The third-order valence-corrected chi connectivity index (χ3v) is 6.51. The average Bonchev–Trinajstić information content (AvgIpc) is 3.09. The molecule has 0 aliphatic carbocycles. The first-order valence-electron chi connectivity index (χ1n) is 7.59. The number of nitrogens with two attached hydrogens (primary N) is 1. The number of likely N-dealkylation sites (tertiary alicyclic amines) is 1. The summed E-state index contributed by atoms with van der Waals surface area (Å²) >= 11 is 0. The SMILES string of the molecule is Cc1ccc(S(=O)(=O)N2CCC(N3CCCC3)C2)c(N)c1. The summed E-state index contributed by atoms with van der Waals surface area (Å²) in [5, 5.41) is 0. The van der Waals surface area contributed by atoms with Crippen LogP contribution in [0, 0.1) is 6.92 Å². The van der Waals surface area contributed by atoms with Crippen molar-refractivity contribution in [2.75, 3.05) is 31.9 Å². The van der Waals surface area contributed by atoms with E-state index in [2.05, 4.69) is 4.90 Å². The van der Waals surface area contributed by atoms with Crippen molar-refractivity contribution in [3.05, 3.63) is 23.8 Å². The Balaban J connectivity index is 1.79. The highest BCUT2D eigenvalue weighted by Crippen LogP contribution is 2.28.